The number of amides is 1. The van der Waals surface area contributed by atoms with Crippen molar-refractivity contribution in [2.45, 2.75) is 253 Å². The number of hydrogen-bond acceptors (Lipinski definition) is 18. The van der Waals surface area contributed by atoms with Gasteiger partial charge in [0.25, 0.3) is 0 Å². The molecular weight excluding hydrogens is 867 g/mol. The lowest BCUT2D eigenvalue weighted by Gasteiger charge is -2.48. The monoisotopic (exact) mass is 954 g/mol. The molecule has 3 aliphatic rings. The predicted molar refractivity (Wildman–Crippen MR) is 240 cm³/mol. The van der Waals surface area contributed by atoms with Gasteiger partial charge in [-0.15, -0.1) is 0 Å². The van der Waals surface area contributed by atoms with Crippen LogP contribution in [0.5, 0.6) is 0 Å². The van der Waals surface area contributed by atoms with Gasteiger partial charge < -0.3 is 89.9 Å². The van der Waals surface area contributed by atoms with Crippen LogP contribution in [0.2, 0.25) is 0 Å². The molecule has 19 heteroatoms. The first-order valence-corrected chi connectivity index (χ1v) is 24.9. The van der Waals surface area contributed by atoms with Crippen LogP contribution in [0.25, 0.3) is 0 Å². The summed E-state index contributed by atoms with van der Waals surface area (Å²) in [6.45, 7) is 1.43. The third-order valence-corrected chi connectivity index (χ3v) is 12.8. The fourth-order valence-corrected chi connectivity index (χ4v) is 8.58. The van der Waals surface area contributed by atoms with Gasteiger partial charge in [-0.2, -0.15) is 0 Å². The summed E-state index contributed by atoms with van der Waals surface area (Å²) in [5.74, 6) is -0.312. The standard InChI is InChI=1S/C47H87NO18/c1-3-5-7-8-9-10-11-12-13-14-15-16-17-18-19-20-21-22-23-24-31(52)30(48-35(53)25-6-4-2)29-61-45-41(59)38(56)43(33(27-50)63-45)66-47-42(60)39(57)44(34(28-51)64-47)65-46-40(58)37(55)36(54)32(26-49)62-46/h23-24,30-34,36-47,49-52,54-60H,3-22,25-29H2,1-2H3,(H,48,53)/b24-23+. The Hall–Kier alpha value is -1.47. The molecule has 17 unspecified atom stereocenters. The molecule has 3 heterocycles. The quantitative estimate of drug-likeness (QED) is 0.0317. The number of carbonyl (C=O) groups excluding carboxylic acids is 1. The summed E-state index contributed by atoms with van der Waals surface area (Å²) < 4.78 is 33.9. The van der Waals surface area contributed by atoms with Crippen molar-refractivity contribution in [2.24, 2.45) is 0 Å². The zero-order valence-electron chi connectivity index (χ0n) is 39.4. The first-order valence-electron chi connectivity index (χ1n) is 24.9. The van der Waals surface area contributed by atoms with Gasteiger partial charge in [-0.1, -0.05) is 135 Å². The van der Waals surface area contributed by atoms with Crippen molar-refractivity contribution in [2.75, 3.05) is 26.4 Å². The predicted octanol–water partition coefficient (Wildman–Crippen LogP) is 1.09. The van der Waals surface area contributed by atoms with Crippen LogP contribution in [0, 0.1) is 0 Å². The van der Waals surface area contributed by atoms with Gasteiger partial charge in [0.1, 0.15) is 73.2 Å². The van der Waals surface area contributed by atoms with Gasteiger partial charge in [0.2, 0.25) is 5.91 Å². The van der Waals surface area contributed by atoms with E-state index in [1.54, 1.807) is 6.08 Å². The van der Waals surface area contributed by atoms with E-state index in [1.807, 2.05) is 13.0 Å². The number of rotatable bonds is 34. The molecular formula is C47H87NO18. The van der Waals surface area contributed by atoms with E-state index < -0.39 is 124 Å². The van der Waals surface area contributed by atoms with Gasteiger partial charge in [-0.05, 0) is 19.3 Å². The third-order valence-electron chi connectivity index (χ3n) is 12.8. The molecule has 388 valence electrons. The summed E-state index contributed by atoms with van der Waals surface area (Å²) in [4.78, 5) is 12.8. The van der Waals surface area contributed by atoms with E-state index in [2.05, 4.69) is 12.2 Å². The molecule has 19 nitrogen and oxygen atoms in total. The maximum atomic E-state index is 12.8. The summed E-state index contributed by atoms with van der Waals surface area (Å²) in [5, 5.41) is 119. The van der Waals surface area contributed by atoms with E-state index in [-0.39, 0.29) is 18.9 Å². The van der Waals surface area contributed by atoms with E-state index in [4.69, 9.17) is 28.4 Å². The maximum absolute atomic E-state index is 12.8. The lowest BCUT2D eigenvalue weighted by molar-refractivity contribution is -0.379. The van der Waals surface area contributed by atoms with Gasteiger partial charge >= 0.3 is 0 Å². The van der Waals surface area contributed by atoms with E-state index >= 15 is 0 Å². The molecule has 0 aromatic rings. The number of aliphatic hydroxyl groups is 11. The highest BCUT2D eigenvalue weighted by Gasteiger charge is 2.53. The molecule has 3 rings (SSSR count). The highest BCUT2D eigenvalue weighted by molar-refractivity contribution is 5.76. The summed E-state index contributed by atoms with van der Waals surface area (Å²) >= 11 is 0. The molecule has 0 aliphatic carbocycles. The summed E-state index contributed by atoms with van der Waals surface area (Å²) in [6.07, 6.45) is 0.871. The summed E-state index contributed by atoms with van der Waals surface area (Å²) in [7, 11) is 0. The van der Waals surface area contributed by atoms with Crippen LogP contribution < -0.4 is 5.32 Å². The Bertz CT molecular complexity index is 1280. The van der Waals surface area contributed by atoms with Crippen molar-refractivity contribution in [3.8, 4) is 0 Å². The van der Waals surface area contributed by atoms with Gasteiger partial charge in [-0.25, -0.2) is 0 Å². The molecule has 0 aromatic heterocycles. The Morgan fingerprint density at radius 3 is 1.41 bits per heavy atom. The molecule has 0 radical (unpaired) electrons. The van der Waals surface area contributed by atoms with Crippen molar-refractivity contribution < 1.29 is 89.4 Å². The highest BCUT2D eigenvalue weighted by atomic mass is 16.8. The second kappa shape index (κ2) is 33.2. The summed E-state index contributed by atoms with van der Waals surface area (Å²) in [6, 6.07) is -0.962. The Kier molecular flexibility index (Phi) is 29.6. The Morgan fingerprint density at radius 1 is 0.530 bits per heavy atom. The average molecular weight is 954 g/mol. The number of unbranched alkanes of at least 4 members (excludes halogenated alkanes) is 18. The van der Waals surface area contributed by atoms with Crippen LogP contribution in [0.1, 0.15) is 149 Å². The largest absolute Gasteiger partial charge is 0.394 e. The van der Waals surface area contributed by atoms with Crippen LogP contribution in [0.15, 0.2) is 12.2 Å². The molecule has 3 fully saturated rings. The van der Waals surface area contributed by atoms with Gasteiger partial charge in [0.05, 0.1) is 38.6 Å². The first-order chi connectivity index (χ1) is 31.8. The second-order valence-corrected chi connectivity index (χ2v) is 18.3. The van der Waals surface area contributed by atoms with Crippen molar-refractivity contribution >= 4 is 5.91 Å². The minimum atomic E-state index is -1.97. The average Bonchev–Trinajstić information content (AvgIpc) is 3.31. The van der Waals surface area contributed by atoms with Crippen LogP contribution in [-0.2, 0) is 33.2 Å². The Balaban J connectivity index is 1.46. The van der Waals surface area contributed by atoms with Crippen LogP contribution in [0.4, 0.5) is 0 Å². The smallest absolute Gasteiger partial charge is 0.220 e. The second-order valence-electron chi connectivity index (χ2n) is 18.3. The maximum Gasteiger partial charge on any atom is 0.220 e. The molecule has 17 atom stereocenters. The van der Waals surface area contributed by atoms with Gasteiger partial charge in [0.15, 0.2) is 18.9 Å². The van der Waals surface area contributed by atoms with Crippen LogP contribution in [-0.4, -0.2) is 193 Å². The Morgan fingerprint density at radius 2 is 0.939 bits per heavy atom. The molecule has 3 aliphatic heterocycles. The molecule has 0 saturated carbocycles. The fourth-order valence-electron chi connectivity index (χ4n) is 8.58. The minimum absolute atomic E-state index is 0.219. The van der Waals surface area contributed by atoms with E-state index in [0.717, 1.165) is 32.1 Å². The summed E-state index contributed by atoms with van der Waals surface area (Å²) in [5.41, 5.74) is 0. The molecule has 3 saturated heterocycles. The lowest BCUT2D eigenvalue weighted by Crippen LogP contribution is -2.66. The number of carbonyl (C=O) groups is 1. The number of allylic oxidation sites excluding steroid dienone is 1. The van der Waals surface area contributed by atoms with Crippen molar-refractivity contribution in [3.05, 3.63) is 12.2 Å². The molecule has 0 bridgehead atoms. The zero-order valence-corrected chi connectivity index (χ0v) is 39.4. The molecule has 0 aromatic carbocycles. The van der Waals surface area contributed by atoms with Crippen LogP contribution >= 0.6 is 0 Å². The van der Waals surface area contributed by atoms with Crippen molar-refractivity contribution in [1.82, 2.24) is 5.32 Å². The normalized spacial score (nSPS) is 33.9. The number of nitrogens with one attached hydrogen (secondary N) is 1. The topological polar surface area (TPSA) is 307 Å². The third kappa shape index (κ3) is 19.4. The first kappa shape index (κ1) is 58.8. The number of aliphatic hydroxyl groups excluding tert-OH is 11. The van der Waals surface area contributed by atoms with E-state index in [0.29, 0.717) is 6.42 Å². The number of hydrogen-bond donors (Lipinski definition) is 12. The Labute approximate surface area is 391 Å². The van der Waals surface area contributed by atoms with Crippen LogP contribution in [0.3, 0.4) is 0 Å². The molecule has 66 heavy (non-hydrogen) atoms. The molecule has 1 amide bonds. The lowest BCUT2D eigenvalue weighted by atomic mass is 9.96. The SMILES string of the molecule is CCCCCCCCCCCCCCCCCCC/C=C/C(O)C(COC1OC(CO)C(OC2OC(CO)C(OC3OC(CO)C(O)C(O)C3O)C(O)C2O)C(O)C1O)NC(=O)CCCC. The molecule has 12 N–H and O–H groups in total. The van der Waals surface area contributed by atoms with Gasteiger partial charge in [-0.3, -0.25) is 4.79 Å². The van der Waals surface area contributed by atoms with Gasteiger partial charge in [0, 0.05) is 6.42 Å². The number of ether oxygens (including phenoxy) is 6. The zero-order chi connectivity index (χ0) is 48.4. The highest BCUT2D eigenvalue weighted by Crippen LogP contribution is 2.33. The van der Waals surface area contributed by atoms with Crippen molar-refractivity contribution in [3.63, 3.8) is 0 Å². The van der Waals surface area contributed by atoms with E-state index in [9.17, 15) is 61.0 Å². The van der Waals surface area contributed by atoms with Crippen molar-refractivity contribution in [1.29, 1.82) is 0 Å². The van der Waals surface area contributed by atoms with E-state index in [1.165, 1.54) is 89.9 Å². The molecule has 0 spiro atoms. The fraction of sp³-hybridized carbons (Fsp3) is 0.936. The minimum Gasteiger partial charge on any atom is -0.394 e.